The molecular weight excluding hydrogens is 445 g/mol. The maximum atomic E-state index is 13.5. The monoisotopic (exact) mass is 465 g/mol. The van der Waals surface area contributed by atoms with Crippen molar-refractivity contribution in [2.75, 3.05) is 13.1 Å². The van der Waals surface area contributed by atoms with Crippen molar-refractivity contribution in [3.05, 3.63) is 71.2 Å². The summed E-state index contributed by atoms with van der Waals surface area (Å²) in [6, 6.07) is 8.66. The van der Waals surface area contributed by atoms with Crippen LogP contribution in [0.5, 0.6) is 0 Å². The highest BCUT2D eigenvalue weighted by Gasteiger charge is 2.48. The van der Waals surface area contributed by atoms with Gasteiger partial charge in [-0.1, -0.05) is 6.08 Å². The molecule has 1 aromatic heterocycles. The Morgan fingerprint density at radius 2 is 1.91 bits per heavy atom. The van der Waals surface area contributed by atoms with E-state index in [0.717, 1.165) is 26.3 Å². The van der Waals surface area contributed by atoms with E-state index in [-0.39, 0.29) is 33.8 Å². The Labute approximate surface area is 189 Å². The minimum Gasteiger partial charge on any atom is -0.360 e. The quantitative estimate of drug-likeness (QED) is 0.641. The number of amides is 2. The molecular formula is C24H20FN3O4S. The smallest absolute Gasteiger partial charge is 0.269 e. The standard InChI is InChI=1S/C24H20FN3O4S/c25-16-2-6-18-20(13-26-21(18)12-16)14-7-9-27(10-8-14)23(29)15-1-5-19-22(11-15)33(31,32)28(24(19)30)17-3-4-17/h1-2,5-7,11-13,17,26H,3-4,8-10H2. The van der Waals surface area contributed by atoms with E-state index in [2.05, 4.69) is 4.98 Å². The second-order valence-corrected chi connectivity index (χ2v) is 10.5. The van der Waals surface area contributed by atoms with Crippen molar-refractivity contribution in [1.82, 2.24) is 14.2 Å². The number of benzene rings is 2. The van der Waals surface area contributed by atoms with Gasteiger partial charge in [-0.05, 0) is 61.2 Å². The van der Waals surface area contributed by atoms with Crippen LogP contribution < -0.4 is 0 Å². The zero-order valence-electron chi connectivity index (χ0n) is 17.5. The van der Waals surface area contributed by atoms with E-state index in [0.29, 0.717) is 32.4 Å². The molecule has 3 heterocycles. The number of hydrogen-bond donors (Lipinski definition) is 1. The second kappa shape index (κ2) is 7.02. The maximum Gasteiger partial charge on any atom is 0.269 e. The number of sulfonamides is 1. The molecule has 168 valence electrons. The third-order valence-electron chi connectivity index (χ3n) is 6.56. The van der Waals surface area contributed by atoms with Crippen molar-refractivity contribution in [2.45, 2.75) is 30.2 Å². The molecule has 33 heavy (non-hydrogen) atoms. The average molecular weight is 466 g/mol. The first kappa shape index (κ1) is 20.2. The SMILES string of the molecule is O=C(c1ccc2c(c1)S(=O)(=O)N(C1CC1)C2=O)N1CC=C(c2c[nH]c3cc(F)ccc23)CC1. The number of nitrogens with zero attached hydrogens (tertiary/aromatic N) is 2. The number of hydrogen-bond acceptors (Lipinski definition) is 4. The van der Waals surface area contributed by atoms with Crippen LogP contribution >= 0.6 is 0 Å². The van der Waals surface area contributed by atoms with Crippen LogP contribution in [-0.2, 0) is 10.0 Å². The number of carbonyl (C=O) groups is 2. The normalized spacial score (nSPS) is 19.7. The summed E-state index contributed by atoms with van der Waals surface area (Å²) in [6.07, 6.45) is 5.79. The lowest BCUT2D eigenvalue weighted by Gasteiger charge is -2.26. The van der Waals surface area contributed by atoms with E-state index in [1.807, 2.05) is 12.3 Å². The summed E-state index contributed by atoms with van der Waals surface area (Å²) < 4.78 is 40.2. The van der Waals surface area contributed by atoms with E-state index in [9.17, 15) is 22.4 Å². The van der Waals surface area contributed by atoms with Crippen molar-refractivity contribution in [1.29, 1.82) is 0 Å². The molecule has 1 saturated carbocycles. The van der Waals surface area contributed by atoms with Crippen LogP contribution in [0.1, 0.15) is 45.5 Å². The molecule has 0 atom stereocenters. The lowest BCUT2D eigenvalue weighted by atomic mass is 9.98. The average Bonchev–Trinajstić information content (AvgIpc) is 3.51. The van der Waals surface area contributed by atoms with Crippen molar-refractivity contribution in [3.63, 3.8) is 0 Å². The molecule has 0 unspecified atom stereocenters. The van der Waals surface area contributed by atoms with Crippen LogP contribution in [0.25, 0.3) is 16.5 Å². The molecule has 9 heteroatoms. The van der Waals surface area contributed by atoms with Crippen molar-refractivity contribution >= 4 is 38.3 Å². The fourth-order valence-corrected chi connectivity index (χ4v) is 6.54. The molecule has 0 spiro atoms. The fraction of sp³-hybridized carbons (Fsp3) is 0.250. The van der Waals surface area contributed by atoms with Gasteiger partial charge in [-0.3, -0.25) is 9.59 Å². The zero-order chi connectivity index (χ0) is 22.9. The predicted molar refractivity (Wildman–Crippen MR) is 120 cm³/mol. The topological polar surface area (TPSA) is 90.6 Å². The number of halogens is 1. The number of carbonyl (C=O) groups excluding carboxylic acids is 2. The number of aromatic nitrogens is 1. The molecule has 2 amide bonds. The summed E-state index contributed by atoms with van der Waals surface area (Å²) in [5, 5.41) is 0.927. The number of fused-ring (bicyclic) bond motifs is 2. The van der Waals surface area contributed by atoms with Crippen LogP contribution in [0.4, 0.5) is 4.39 Å². The van der Waals surface area contributed by atoms with Gasteiger partial charge < -0.3 is 9.88 Å². The van der Waals surface area contributed by atoms with Crippen molar-refractivity contribution < 1.29 is 22.4 Å². The van der Waals surface area contributed by atoms with Gasteiger partial charge in [0, 0.05) is 47.4 Å². The number of rotatable bonds is 3. The van der Waals surface area contributed by atoms with E-state index in [1.54, 1.807) is 11.0 Å². The van der Waals surface area contributed by atoms with Gasteiger partial charge in [0.05, 0.1) is 5.56 Å². The fourth-order valence-electron chi connectivity index (χ4n) is 4.70. The molecule has 0 saturated heterocycles. The Bertz CT molecular complexity index is 1490. The molecule has 1 fully saturated rings. The van der Waals surface area contributed by atoms with Crippen LogP contribution in [-0.4, -0.2) is 53.6 Å². The predicted octanol–water partition coefficient (Wildman–Crippen LogP) is 3.54. The molecule has 6 rings (SSSR count). The van der Waals surface area contributed by atoms with Gasteiger partial charge in [-0.15, -0.1) is 0 Å². The summed E-state index contributed by atoms with van der Waals surface area (Å²) in [5.74, 6) is -1.08. The van der Waals surface area contributed by atoms with Gasteiger partial charge in [-0.25, -0.2) is 17.1 Å². The number of aromatic amines is 1. The van der Waals surface area contributed by atoms with E-state index in [4.69, 9.17) is 0 Å². The molecule has 1 N–H and O–H groups in total. The summed E-state index contributed by atoms with van der Waals surface area (Å²) in [7, 11) is -3.91. The van der Waals surface area contributed by atoms with Gasteiger partial charge in [0.25, 0.3) is 21.8 Å². The number of H-pyrrole nitrogens is 1. The Morgan fingerprint density at radius 3 is 2.64 bits per heavy atom. The van der Waals surface area contributed by atoms with E-state index >= 15 is 0 Å². The highest BCUT2D eigenvalue weighted by molar-refractivity contribution is 7.90. The first-order valence-electron chi connectivity index (χ1n) is 10.8. The first-order valence-corrected chi connectivity index (χ1v) is 12.3. The van der Waals surface area contributed by atoms with Crippen molar-refractivity contribution in [3.8, 4) is 0 Å². The third-order valence-corrected chi connectivity index (χ3v) is 8.44. The molecule has 3 aliphatic rings. The Hall–Kier alpha value is -3.46. The molecule has 3 aromatic rings. The largest absolute Gasteiger partial charge is 0.360 e. The second-order valence-electron chi connectivity index (χ2n) is 8.67. The van der Waals surface area contributed by atoms with E-state index in [1.165, 1.54) is 30.3 Å². The Kier molecular flexibility index (Phi) is 4.29. The molecule has 7 nitrogen and oxygen atoms in total. The third kappa shape index (κ3) is 3.10. The minimum absolute atomic E-state index is 0.0792. The van der Waals surface area contributed by atoms with Gasteiger partial charge in [0.15, 0.2) is 0 Å². The van der Waals surface area contributed by atoms with Crippen LogP contribution in [0.3, 0.4) is 0 Å². The highest BCUT2D eigenvalue weighted by Crippen LogP contribution is 2.40. The number of nitrogens with one attached hydrogen (secondary N) is 1. The lowest BCUT2D eigenvalue weighted by Crippen LogP contribution is -2.34. The van der Waals surface area contributed by atoms with Gasteiger partial charge in [0.2, 0.25) is 0 Å². The van der Waals surface area contributed by atoms with Crippen LogP contribution in [0.15, 0.2) is 53.6 Å². The van der Waals surface area contributed by atoms with Crippen molar-refractivity contribution in [2.24, 2.45) is 0 Å². The summed E-state index contributed by atoms with van der Waals surface area (Å²) in [5.41, 5.74) is 3.16. The Morgan fingerprint density at radius 1 is 1.09 bits per heavy atom. The van der Waals surface area contributed by atoms with Gasteiger partial charge in [-0.2, -0.15) is 0 Å². The van der Waals surface area contributed by atoms with E-state index < -0.39 is 15.9 Å². The Balaban J connectivity index is 1.25. The van der Waals surface area contributed by atoms with Gasteiger partial charge in [0.1, 0.15) is 10.7 Å². The molecule has 2 aromatic carbocycles. The van der Waals surface area contributed by atoms with Gasteiger partial charge >= 0.3 is 0 Å². The summed E-state index contributed by atoms with van der Waals surface area (Å²) in [6.45, 7) is 0.842. The van der Waals surface area contributed by atoms with Crippen LogP contribution in [0.2, 0.25) is 0 Å². The molecule has 0 radical (unpaired) electrons. The minimum atomic E-state index is -3.91. The first-order chi connectivity index (χ1) is 15.8. The highest BCUT2D eigenvalue weighted by atomic mass is 32.2. The van der Waals surface area contributed by atoms with Crippen LogP contribution in [0, 0.1) is 5.82 Å². The molecule has 0 bridgehead atoms. The zero-order valence-corrected chi connectivity index (χ0v) is 18.4. The molecule has 2 aliphatic heterocycles. The molecule has 1 aliphatic carbocycles. The lowest BCUT2D eigenvalue weighted by molar-refractivity contribution is 0.0771. The maximum absolute atomic E-state index is 13.5. The summed E-state index contributed by atoms with van der Waals surface area (Å²) in [4.78, 5) is 30.3. The summed E-state index contributed by atoms with van der Waals surface area (Å²) >= 11 is 0.